The lowest BCUT2D eigenvalue weighted by molar-refractivity contribution is 0.456. The van der Waals surface area contributed by atoms with Crippen LogP contribution in [-0.2, 0) is 13.0 Å². The summed E-state index contributed by atoms with van der Waals surface area (Å²) in [5, 5.41) is 4.66. The van der Waals surface area contributed by atoms with Gasteiger partial charge in [-0.15, -0.1) is 0 Å². The maximum absolute atomic E-state index is 3.27. The number of rotatable bonds is 5. The van der Waals surface area contributed by atoms with E-state index in [2.05, 4.69) is 40.2 Å². The summed E-state index contributed by atoms with van der Waals surface area (Å²) in [7, 11) is 2.03. The third-order valence-electron chi connectivity index (χ3n) is 4.44. The Morgan fingerprint density at radius 1 is 1.21 bits per heavy atom. The molecule has 0 unspecified atom stereocenters. The van der Waals surface area contributed by atoms with E-state index in [1.807, 2.05) is 7.05 Å². The predicted molar refractivity (Wildman–Crippen MR) is 81.5 cm³/mol. The zero-order chi connectivity index (χ0) is 13.1. The van der Waals surface area contributed by atoms with Crippen molar-refractivity contribution in [3.8, 4) is 0 Å². The Balaban J connectivity index is 1.92. The topological polar surface area (TPSA) is 17.0 Å². The minimum Gasteiger partial charge on any atom is -0.344 e. The first-order chi connectivity index (χ1) is 9.38. The molecule has 1 fully saturated rings. The molecule has 2 aromatic rings. The number of nitrogens with zero attached hydrogens (tertiary/aromatic N) is 1. The van der Waals surface area contributed by atoms with Gasteiger partial charge in [-0.25, -0.2) is 0 Å². The Morgan fingerprint density at radius 2 is 2.00 bits per heavy atom. The predicted octanol–water partition coefficient (Wildman–Crippen LogP) is 3.59. The fourth-order valence-corrected chi connectivity index (χ4v) is 3.39. The van der Waals surface area contributed by atoms with Crippen LogP contribution in [0.15, 0.2) is 30.3 Å². The van der Waals surface area contributed by atoms with Gasteiger partial charge in [0.2, 0.25) is 0 Å². The molecule has 2 nitrogen and oxygen atoms in total. The first kappa shape index (κ1) is 12.7. The Hall–Kier alpha value is -1.28. The Labute approximate surface area is 115 Å². The van der Waals surface area contributed by atoms with Gasteiger partial charge in [-0.05, 0) is 43.3 Å². The highest BCUT2D eigenvalue weighted by atomic mass is 15.0. The number of likely N-dealkylation sites (N-methyl/N-ethyl adjacent to an activating group) is 1. The molecule has 1 aromatic heterocycles. The minimum absolute atomic E-state index is 0.893. The highest BCUT2D eigenvalue weighted by Crippen LogP contribution is 2.29. The zero-order valence-electron chi connectivity index (χ0n) is 11.9. The molecule has 0 spiro atoms. The van der Waals surface area contributed by atoms with Crippen LogP contribution in [0.1, 0.15) is 31.4 Å². The Morgan fingerprint density at radius 3 is 2.79 bits per heavy atom. The number of benzene rings is 1. The number of fused-ring (bicyclic) bond motifs is 1. The summed E-state index contributed by atoms with van der Waals surface area (Å²) in [6.07, 6.45) is 6.80. The van der Waals surface area contributed by atoms with Crippen molar-refractivity contribution >= 4 is 10.9 Å². The van der Waals surface area contributed by atoms with Crippen LogP contribution in [0.5, 0.6) is 0 Å². The third-order valence-corrected chi connectivity index (χ3v) is 4.44. The summed E-state index contributed by atoms with van der Waals surface area (Å²) >= 11 is 0. The maximum atomic E-state index is 3.27. The Kier molecular flexibility index (Phi) is 3.88. The summed E-state index contributed by atoms with van der Waals surface area (Å²) < 4.78 is 2.57. The highest BCUT2D eigenvalue weighted by Gasteiger charge is 2.18. The molecule has 1 N–H and O–H groups in total. The summed E-state index contributed by atoms with van der Waals surface area (Å²) in [4.78, 5) is 0. The quantitative estimate of drug-likeness (QED) is 0.865. The van der Waals surface area contributed by atoms with Gasteiger partial charge in [-0.1, -0.05) is 31.0 Å². The van der Waals surface area contributed by atoms with Gasteiger partial charge >= 0.3 is 0 Å². The Bertz CT molecular complexity index is 535. The molecule has 1 aliphatic carbocycles. The second-order valence-electron chi connectivity index (χ2n) is 5.81. The second kappa shape index (κ2) is 5.79. The van der Waals surface area contributed by atoms with E-state index in [1.54, 1.807) is 0 Å². The lowest BCUT2D eigenvalue weighted by atomic mass is 10.1. The van der Waals surface area contributed by atoms with Crippen LogP contribution >= 0.6 is 0 Å². The van der Waals surface area contributed by atoms with Crippen molar-refractivity contribution in [1.82, 2.24) is 9.88 Å². The van der Waals surface area contributed by atoms with Crippen molar-refractivity contribution in [2.24, 2.45) is 5.92 Å². The van der Waals surface area contributed by atoms with Crippen LogP contribution < -0.4 is 5.32 Å². The SMILES string of the molecule is CNCCc1cc2ccccc2n1CC1CCCC1. The van der Waals surface area contributed by atoms with E-state index >= 15 is 0 Å². The average molecular weight is 256 g/mol. The van der Waals surface area contributed by atoms with E-state index in [1.165, 1.54) is 48.8 Å². The van der Waals surface area contributed by atoms with Crippen LogP contribution in [0.4, 0.5) is 0 Å². The summed E-state index contributed by atoms with van der Waals surface area (Å²) in [6.45, 7) is 2.27. The molecule has 102 valence electrons. The van der Waals surface area contributed by atoms with E-state index in [0.29, 0.717) is 0 Å². The van der Waals surface area contributed by atoms with Crippen molar-refractivity contribution in [2.45, 2.75) is 38.6 Å². The molecule has 1 heterocycles. The third kappa shape index (κ3) is 2.69. The van der Waals surface area contributed by atoms with Gasteiger partial charge in [0.15, 0.2) is 0 Å². The standard InChI is InChI=1S/C17H24N2/c1-18-11-10-16-12-15-8-4-5-9-17(15)19(16)13-14-6-2-3-7-14/h4-5,8-9,12,14,18H,2-3,6-7,10-11,13H2,1H3. The smallest absolute Gasteiger partial charge is 0.0482 e. The molecule has 3 rings (SSSR count). The number of hydrogen-bond acceptors (Lipinski definition) is 1. The second-order valence-corrected chi connectivity index (χ2v) is 5.81. The van der Waals surface area contributed by atoms with Crippen LogP contribution in [0, 0.1) is 5.92 Å². The molecule has 0 saturated heterocycles. The van der Waals surface area contributed by atoms with Gasteiger partial charge < -0.3 is 9.88 Å². The fourth-order valence-electron chi connectivity index (χ4n) is 3.39. The van der Waals surface area contributed by atoms with Gasteiger partial charge in [0, 0.05) is 30.7 Å². The fraction of sp³-hybridized carbons (Fsp3) is 0.529. The summed E-state index contributed by atoms with van der Waals surface area (Å²) in [5.41, 5.74) is 2.91. The molecule has 1 aliphatic rings. The highest BCUT2D eigenvalue weighted by molar-refractivity contribution is 5.81. The molecule has 0 bridgehead atoms. The zero-order valence-corrected chi connectivity index (χ0v) is 11.9. The normalized spacial score (nSPS) is 16.5. The first-order valence-electron chi connectivity index (χ1n) is 7.60. The molecule has 19 heavy (non-hydrogen) atoms. The van der Waals surface area contributed by atoms with E-state index in [0.717, 1.165) is 18.9 Å². The molecule has 1 aromatic carbocycles. The average Bonchev–Trinajstić information content (AvgIpc) is 3.06. The summed E-state index contributed by atoms with van der Waals surface area (Å²) in [6, 6.07) is 11.2. The number of para-hydroxylation sites is 1. The van der Waals surface area contributed by atoms with E-state index in [-0.39, 0.29) is 0 Å². The van der Waals surface area contributed by atoms with E-state index in [9.17, 15) is 0 Å². The molecule has 0 radical (unpaired) electrons. The molecular formula is C17H24N2. The lowest BCUT2D eigenvalue weighted by Crippen LogP contribution is -2.15. The van der Waals surface area contributed by atoms with Gasteiger partial charge in [0.05, 0.1) is 0 Å². The molecule has 2 heteroatoms. The number of nitrogens with one attached hydrogen (secondary N) is 1. The van der Waals surface area contributed by atoms with Crippen LogP contribution in [0.25, 0.3) is 10.9 Å². The minimum atomic E-state index is 0.893. The van der Waals surface area contributed by atoms with Crippen LogP contribution in [-0.4, -0.2) is 18.2 Å². The van der Waals surface area contributed by atoms with Gasteiger partial charge in [-0.3, -0.25) is 0 Å². The number of aromatic nitrogens is 1. The molecule has 0 aliphatic heterocycles. The van der Waals surface area contributed by atoms with Crippen LogP contribution in [0.2, 0.25) is 0 Å². The molecule has 0 atom stereocenters. The maximum Gasteiger partial charge on any atom is 0.0482 e. The first-order valence-corrected chi connectivity index (χ1v) is 7.60. The van der Waals surface area contributed by atoms with E-state index < -0.39 is 0 Å². The van der Waals surface area contributed by atoms with Crippen molar-refractivity contribution < 1.29 is 0 Å². The monoisotopic (exact) mass is 256 g/mol. The van der Waals surface area contributed by atoms with Crippen molar-refractivity contribution in [3.63, 3.8) is 0 Å². The van der Waals surface area contributed by atoms with Gasteiger partial charge in [0.1, 0.15) is 0 Å². The van der Waals surface area contributed by atoms with Gasteiger partial charge in [0.25, 0.3) is 0 Å². The molecule has 0 amide bonds. The lowest BCUT2D eigenvalue weighted by Gasteiger charge is -2.15. The molecule has 1 saturated carbocycles. The number of hydrogen-bond donors (Lipinski definition) is 1. The van der Waals surface area contributed by atoms with Gasteiger partial charge in [-0.2, -0.15) is 0 Å². The van der Waals surface area contributed by atoms with Crippen molar-refractivity contribution in [3.05, 3.63) is 36.0 Å². The summed E-state index contributed by atoms with van der Waals surface area (Å²) in [5.74, 6) is 0.893. The van der Waals surface area contributed by atoms with Crippen LogP contribution in [0.3, 0.4) is 0 Å². The molecular weight excluding hydrogens is 232 g/mol. The largest absolute Gasteiger partial charge is 0.344 e. The van der Waals surface area contributed by atoms with Crippen molar-refractivity contribution in [2.75, 3.05) is 13.6 Å². The van der Waals surface area contributed by atoms with Crippen molar-refractivity contribution in [1.29, 1.82) is 0 Å². The van der Waals surface area contributed by atoms with E-state index in [4.69, 9.17) is 0 Å².